The molecule has 0 radical (unpaired) electrons. The van der Waals surface area contributed by atoms with Crippen molar-refractivity contribution >= 4 is 5.97 Å². The number of carbonyl (C=O) groups is 1. The van der Waals surface area contributed by atoms with Crippen LogP contribution >= 0.6 is 0 Å². The molecule has 5 heteroatoms. The van der Waals surface area contributed by atoms with Gasteiger partial charge in [-0.2, -0.15) is 0 Å². The first-order valence-corrected chi connectivity index (χ1v) is 5.42. The molecule has 1 rings (SSSR count). The Hall–Kier alpha value is -0.650. The van der Waals surface area contributed by atoms with Crippen molar-refractivity contribution in [2.24, 2.45) is 5.73 Å². The van der Waals surface area contributed by atoms with Crippen LogP contribution in [0.4, 0.5) is 0 Å². The Kier molecular flexibility index (Phi) is 5.01. The molecule has 88 valence electrons. The van der Waals surface area contributed by atoms with Crippen molar-refractivity contribution in [1.29, 1.82) is 0 Å². The predicted molar refractivity (Wildman–Crippen MR) is 56.7 cm³/mol. The summed E-state index contributed by atoms with van der Waals surface area (Å²) in [6.07, 6.45) is 1.74. The Bertz CT molecular complexity index is 211. The third kappa shape index (κ3) is 4.59. The highest BCUT2D eigenvalue weighted by molar-refractivity contribution is 5.72. The molecule has 1 heterocycles. The second-order valence-electron chi connectivity index (χ2n) is 4.07. The minimum Gasteiger partial charge on any atom is -0.480 e. The molecule has 0 amide bonds. The van der Waals surface area contributed by atoms with E-state index in [4.69, 9.17) is 15.6 Å². The van der Waals surface area contributed by atoms with Gasteiger partial charge in [0.1, 0.15) is 6.04 Å². The van der Waals surface area contributed by atoms with Crippen molar-refractivity contribution in [3.8, 4) is 0 Å². The van der Waals surface area contributed by atoms with Gasteiger partial charge in [0.25, 0.3) is 0 Å². The average molecular weight is 216 g/mol. The number of aliphatic carboxylic acids is 1. The van der Waals surface area contributed by atoms with Crippen LogP contribution in [0.25, 0.3) is 0 Å². The van der Waals surface area contributed by atoms with E-state index in [1.807, 2.05) is 6.92 Å². The zero-order chi connectivity index (χ0) is 11.3. The Balaban J connectivity index is 2.27. The first kappa shape index (κ1) is 12.4. The minimum absolute atomic E-state index is 0.230. The van der Waals surface area contributed by atoms with E-state index < -0.39 is 12.0 Å². The van der Waals surface area contributed by atoms with Gasteiger partial charge in [-0.15, -0.1) is 0 Å². The van der Waals surface area contributed by atoms with E-state index in [0.29, 0.717) is 6.42 Å². The summed E-state index contributed by atoms with van der Waals surface area (Å²) in [6.45, 7) is 5.41. The summed E-state index contributed by atoms with van der Waals surface area (Å²) < 4.78 is 5.50. The van der Waals surface area contributed by atoms with Crippen LogP contribution in [0.5, 0.6) is 0 Å². The molecule has 0 aromatic carbocycles. The largest absolute Gasteiger partial charge is 0.480 e. The Morgan fingerprint density at radius 2 is 2.47 bits per heavy atom. The molecule has 0 aromatic heterocycles. The molecule has 5 nitrogen and oxygen atoms in total. The minimum atomic E-state index is -0.922. The van der Waals surface area contributed by atoms with Gasteiger partial charge < -0.3 is 20.5 Å². The number of rotatable bonds is 4. The maximum atomic E-state index is 10.5. The van der Waals surface area contributed by atoms with Gasteiger partial charge in [0.2, 0.25) is 0 Å². The summed E-state index contributed by atoms with van der Waals surface area (Å²) >= 11 is 0. The highest BCUT2D eigenvalue weighted by atomic mass is 16.5. The van der Waals surface area contributed by atoms with Gasteiger partial charge in [-0.3, -0.25) is 4.79 Å². The van der Waals surface area contributed by atoms with Crippen molar-refractivity contribution < 1.29 is 14.6 Å². The van der Waals surface area contributed by atoms with Crippen molar-refractivity contribution in [2.75, 3.05) is 26.2 Å². The molecule has 0 saturated carbocycles. The lowest BCUT2D eigenvalue weighted by Gasteiger charge is -2.22. The van der Waals surface area contributed by atoms with Gasteiger partial charge >= 0.3 is 5.97 Å². The fourth-order valence-corrected chi connectivity index (χ4v) is 1.73. The highest BCUT2D eigenvalue weighted by Gasteiger charge is 2.17. The molecule has 1 aliphatic heterocycles. The molecule has 1 fully saturated rings. The lowest BCUT2D eigenvalue weighted by atomic mass is 10.2. The van der Waals surface area contributed by atoms with Gasteiger partial charge in [0.15, 0.2) is 0 Å². The Morgan fingerprint density at radius 3 is 3.13 bits per heavy atom. The standard InChI is InChI=1S/C10H20N2O3/c1-8-7-12(4-2-6-15-8)5-3-9(11)10(13)14/h8-9H,2-7,11H2,1H3,(H,13,14). The summed E-state index contributed by atoms with van der Waals surface area (Å²) in [5, 5.41) is 8.65. The van der Waals surface area contributed by atoms with Gasteiger partial charge in [0, 0.05) is 26.2 Å². The van der Waals surface area contributed by atoms with E-state index in [0.717, 1.165) is 32.7 Å². The maximum absolute atomic E-state index is 10.5. The maximum Gasteiger partial charge on any atom is 0.320 e. The average Bonchev–Trinajstić information content (AvgIpc) is 2.38. The zero-order valence-electron chi connectivity index (χ0n) is 9.19. The third-order valence-corrected chi connectivity index (χ3v) is 2.61. The summed E-state index contributed by atoms with van der Waals surface area (Å²) in [5.41, 5.74) is 5.45. The van der Waals surface area contributed by atoms with E-state index in [2.05, 4.69) is 4.90 Å². The monoisotopic (exact) mass is 216 g/mol. The number of carboxylic acids is 1. The number of ether oxygens (including phenoxy) is 1. The number of carboxylic acid groups (broad SMARTS) is 1. The fourth-order valence-electron chi connectivity index (χ4n) is 1.73. The van der Waals surface area contributed by atoms with Crippen LogP contribution < -0.4 is 5.73 Å². The SMILES string of the molecule is CC1CN(CCC(N)C(=O)O)CCCO1. The van der Waals surface area contributed by atoms with Crippen LogP contribution in [0.2, 0.25) is 0 Å². The summed E-state index contributed by atoms with van der Waals surface area (Å²) in [4.78, 5) is 12.8. The molecular weight excluding hydrogens is 196 g/mol. The Morgan fingerprint density at radius 1 is 1.73 bits per heavy atom. The molecule has 0 aromatic rings. The van der Waals surface area contributed by atoms with E-state index in [1.54, 1.807) is 0 Å². The van der Waals surface area contributed by atoms with Gasteiger partial charge in [-0.05, 0) is 19.8 Å². The van der Waals surface area contributed by atoms with Crippen LogP contribution in [-0.2, 0) is 9.53 Å². The number of hydrogen-bond donors (Lipinski definition) is 2. The van der Waals surface area contributed by atoms with E-state index in [1.165, 1.54) is 0 Å². The second-order valence-corrected chi connectivity index (χ2v) is 4.07. The number of nitrogens with two attached hydrogens (primary N) is 1. The van der Waals surface area contributed by atoms with Crippen LogP contribution in [0.1, 0.15) is 19.8 Å². The molecular formula is C10H20N2O3. The summed E-state index contributed by atoms with van der Waals surface area (Å²) in [6, 6.07) is -0.746. The molecule has 2 unspecified atom stereocenters. The molecule has 1 saturated heterocycles. The number of nitrogens with zero attached hydrogens (tertiary/aromatic N) is 1. The van der Waals surface area contributed by atoms with E-state index >= 15 is 0 Å². The zero-order valence-corrected chi connectivity index (χ0v) is 9.19. The fraction of sp³-hybridized carbons (Fsp3) is 0.900. The molecule has 3 N–H and O–H groups in total. The Labute approximate surface area is 90.2 Å². The second kappa shape index (κ2) is 6.05. The third-order valence-electron chi connectivity index (χ3n) is 2.61. The topological polar surface area (TPSA) is 75.8 Å². The smallest absolute Gasteiger partial charge is 0.320 e. The van der Waals surface area contributed by atoms with Crippen LogP contribution in [0, 0.1) is 0 Å². The normalized spacial score (nSPS) is 25.9. The molecule has 0 spiro atoms. The lowest BCUT2D eigenvalue weighted by molar-refractivity contribution is -0.138. The first-order chi connectivity index (χ1) is 7.09. The van der Waals surface area contributed by atoms with Crippen molar-refractivity contribution in [3.63, 3.8) is 0 Å². The highest BCUT2D eigenvalue weighted by Crippen LogP contribution is 2.06. The quantitative estimate of drug-likeness (QED) is 0.686. The van der Waals surface area contributed by atoms with E-state index in [-0.39, 0.29) is 6.10 Å². The van der Waals surface area contributed by atoms with Gasteiger partial charge in [-0.25, -0.2) is 0 Å². The predicted octanol–water partition coefficient (Wildman–Crippen LogP) is -0.101. The summed E-state index contributed by atoms with van der Waals surface area (Å²) in [7, 11) is 0. The number of hydrogen-bond acceptors (Lipinski definition) is 4. The van der Waals surface area contributed by atoms with Crippen molar-refractivity contribution in [2.45, 2.75) is 31.9 Å². The van der Waals surface area contributed by atoms with Crippen molar-refractivity contribution in [3.05, 3.63) is 0 Å². The van der Waals surface area contributed by atoms with E-state index in [9.17, 15) is 4.79 Å². The van der Waals surface area contributed by atoms with Crippen LogP contribution in [0.3, 0.4) is 0 Å². The van der Waals surface area contributed by atoms with Gasteiger partial charge in [-0.1, -0.05) is 0 Å². The molecule has 0 bridgehead atoms. The van der Waals surface area contributed by atoms with Crippen molar-refractivity contribution in [1.82, 2.24) is 4.90 Å². The van der Waals surface area contributed by atoms with Crippen LogP contribution in [-0.4, -0.2) is 54.4 Å². The van der Waals surface area contributed by atoms with Crippen LogP contribution in [0.15, 0.2) is 0 Å². The molecule has 2 atom stereocenters. The summed E-state index contributed by atoms with van der Waals surface area (Å²) in [5.74, 6) is -0.922. The molecule has 0 aliphatic carbocycles. The van der Waals surface area contributed by atoms with Gasteiger partial charge in [0.05, 0.1) is 6.10 Å². The molecule has 15 heavy (non-hydrogen) atoms. The lowest BCUT2D eigenvalue weighted by Crippen LogP contribution is -2.37. The first-order valence-electron chi connectivity index (χ1n) is 5.42. The molecule has 1 aliphatic rings.